The monoisotopic (exact) mass is 308 g/mol. The van der Waals surface area contributed by atoms with Crippen LogP contribution in [0.5, 0.6) is 0 Å². The fourth-order valence-corrected chi connectivity index (χ4v) is 3.05. The second kappa shape index (κ2) is 6.65. The van der Waals surface area contributed by atoms with E-state index in [9.17, 15) is 9.59 Å². The van der Waals surface area contributed by atoms with Crippen LogP contribution in [0.25, 0.3) is 0 Å². The van der Waals surface area contributed by atoms with E-state index in [1.54, 1.807) is 24.3 Å². The first-order valence-electron chi connectivity index (χ1n) is 7.90. The second-order valence-corrected chi connectivity index (χ2v) is 5.88. The first-order chi connectivity index (χ1) is 11.1. The van der Waals surface area contributed by atoms with E-state index >= 15 is 0 Å². The Hall–Kier alpha value is -2.62. The van der Waals surface area contributed by atoms with Crippen molar-refractivity contribution in [3.8, 4) is 0 Å². The van der Waals surface area contributed by atoms with Crippen molar-refractivity contribution in [1.82, 2.24) is 5.32 Å². The summed E-state index contributed by atoms with van der Waals surface area (Å²) >= 11 is 0. The van der Waals surface area contributed by atoms with Crippen LogP contribution in [0.2, 0.25) is 0 Å². The number of aryl methyl sites for hydroxylation is 1. The molecule has 4 heteroatoms. The molecule has 2 aromatic carbocycles. The molecule has 0 saturated carbocycles. The van der Waals surface area contributed by atoms with Gasteiger partial charge in [0.1, 0.15) is 0 Å². The first kappa shape index (κ1) is 15.3. The lowest BCUT2D eigenvalue weighted by atomic mass is 9.87. The molecule has 2 N–H and O–H groups in total. The maximum atomic E-state index is 12.5. The third-order valence-corrected chi connectivity index (χ3v) is 4.14. The maximum absolute atomic E-state index is 12.5. The summed E-state index contributed by atoms with van der Waals surface area (Å²) in [6.45, 7) is 1.46. The third-order valence-electron chi connectivity index (χ3n) is 4.14. The van der Waals surface area contributed by atoms with Crippen molar-refractivity contribution in [3.05, 3.63) is 65.2 Å². The van der Waals surface area contributed by atoms with Crippen molar-refractivity contribution in [2.24, 2.45) is 0 Å². The highest BCUT2D eigenvalue weighted by atomic mass is 16.2. The number of carbonyl (C=O) groups excluding carboxylic acids is 2. The first-order valence-corrected chi connectivity index (χ1v) is 7.90. The molecule has 118 valence electrons. The SMILES string of the molecule is CC(=O)Nc1ccc(C(=O)N[C@@H]2CCCc3ccccc32)cc1. The average molecular weight is 308 g/mol. The quantitative estimate of drug-likeness (QED) is 0.912. The van der Waals surface area contributed by atoms with E-state index in [1.807, 2.05) is 12.1 Å². The van der Waals surface area contributed by atoms with Crippen LogP contribution < -0.4 is 10.6 Å². The lowest BCUT2D eigenvalue weighted by Gasteiger charge is -2.26. The molecule has 0 aromatic heterocycles. The van der Waals surface area contributed by atoms with Gasteiger partial charge >= 0.3 is 0 Å². The Kier molecular flexibility index (Phi) is 4.42. The van der Waals surface area contributed by atoms with Crippen molar-refractivity contribution in [1.29, 1.82) is 0 Å². The summed E-state index contributed by atoms with van der Waals surface area (Å²) in [4.78, 5) is 23.5. The Morgan fingerprint density at radius 2 is 1.78 bits per heavy atom. The summed E-state index contributed by atoms with van der Waals surface area (Å²) in [6, 6.07) is 15.3. The number of anilines is 1. The number of hydrogen-bond acceptors (Lipinski definition) is 2. The van der Waals surface area contributed by atoms with Crippen molar-refractivity contribution in [3.63, 3.8) is 0 Å². The molecule has 0 bridgehead atoms. The van der Waals surface area contributed by atoms with Gasteiger partial charge in [0.05, 0.1) is 6.04 Å². The number of rotatable bonds is 3. The standard InChI is InChI=1S/C19H20N2O2/c1-13(22)20-16-11-9-15(10-12-16)19(23)21-18-8-4-6-14-5-2-3-7-17(14)18/h2-3,5,7,9-12,18H,4,6,8H2,1H3,(H,20,22)(H,21,23)/t18-/m1/s1. The number of hydrogen-bond donors (Lipinski definition) is 2. The summed E-state index contributed by atoms with van der Waals surface area (Å²) in [5.74, 6) is -0.206. The van der Waals surface area contributed by atoms with E-state index in [-0.39, 0.29) is 17.9 Å². The number of nitrogens with one attached hydrogen (secondary N) is 2. The third kappa shape index (κ3) is 3.59. The van der Waals surface area contributed by atoms with E-state index in [0.717, 1.165) is 19.3 Å². The Bertz CT molecular complexity index is 722. The second-order valence-electron chi connectivity index (χ2n) is 5.88. The van der Waals surface area contributed by atoms with Gasteiger partial charge in [-0.3, -0.25) is 9.59 Å². The molecular weight excluding hydrogens is 288 g/mol. The van der Waals surface area contributed by atoms with Gasteiger partial charge < -0.3 is 10.6 Å². The highest BCUT2D eigenvalue weighted by molar-refractivity contribution is 5.95. The van der Waals surface area contributed by atoms with Crippen molar-refractivity contribution < 1.29 is 9.59 Å². The molecule has 0 spiro atoms. The Balaban J connectivity index is 1.71. The predicted molar refractivity (Wildman–Crippen MR) is 90.3 cm³/mol. The molecule has 0 aliphatic heterocycles. The summed E-state index contributed by atoms with van der Waals surface area (Å²) in [7, 11) is 0. The van der Waals surface area contributed by atoms with Gasteiger partial charge in [0.15, 0.2) is 0 Å². The molecule has 0 fully saturated rings. The van der Waals surface area contributed by atoms with Gasteiger partial charge in [-0.25, -0.2) is 0 Å². The molecule has 2 aromatic rings. The Morgan fingerprint density at radius 1 is 1.04 bits per heavy atom. The molecule has 3 rings (SSSR count). The maximum Gasteiger partial charge on any atom is 0.251 e. The zero-order valence-electron chi connectivity index (χ0n) is 13.1. The number of carbonyl (C=O) groups is 2. The molecule has 0 unspecified atom stereocenters. The van der Waals surface area contributed by atoms with Gasteiger partial charge in [-0.05, 0) is 54.7 Å². The topological polar surface area (TPSA) is 58.2 Å². The molecule has 0 heterocycles. The van der Waals surface area contributed by atoms with Gasteiger partial charge in [-0.1, -0.05) is 24.3 Å². The predicted octanol–water partition coefficient (Wildman–Crippen LogP) is 3.45. The van der Waals surface area contributed by atoms with Crippen LogP contribution in [0.3, 0.4) is 0 Å². The van der Waals surface area contributed by atoms with Gasteiger partial charge in [-0.15, -0.1) is 0 Å². The van der Waals surface area contributed by atoms with Crippen LogP contribution >= 0.6 is 0 Å². The molecule has 4 nitrogen and oxygen atoms in total. The fourth-order valence-electron chi connectivity index (χ4n) is 3.05. The molecular formula is C19H20N2O2. The summed E-state index contributed by atoms with van der Waals surface area (Å²) in [5.41, 5.74) is 3.84. The number of amides is 2. The minimum Gasteiger partial charge on any atom is -0.345 e. The van der Waals surface area contributed by atoms with Crippen molar-refractivity contribution >= 4 is 17.5 Å². The summed E-state index contributed by atoms with van der Waals surface area (Å²) < 4.78 is 0. The summed E-state index contributed by atoms with van der Waals surface area (Å²) in [6.07, 6.45) is 3.13. The van der Waals surface area contributed by atoms with E-state index in [4.69, 9.17) is 0 Å². The highest BCUT2D eigenvalue weighted by Gasteiger charge is 2.21. The van der Waals surface area contributed by atoms with Crippen molar-refractivity contribution in [2.45, 2.75) is 32.2 Å². The molecule has 1 aliphatic rings. The van der Waals surface area contributed by atoms with Crippen LogP contribution in [-0.4, -0.2) is 11.8 Å². The molecule has 23 heavy (non-hydrogen) atoms. The minimum atomic E-state index is -0.124. The van der Waals surface area contributed by atoms with Crippen molar-refractivity contribution in [2.75, 3.05) is 5.32 Å². The normalized spacial score (nSPS) is 16.3. The number of benzene rings is 2. The number of fused-ring (bicyclic) bond motifs is 1. The van der Waals surface area contributed by atoms with E-state index in [0.29, 0.717) is 11.3 Å². The zero-order valence-corrected chi connectivity index (χ0v) is 13.1. The zero-order chi connectivity index (χ0) is 16.2. The van der Waals surface area contributed by atoms with Crippen LogP contribution in [0.15, 0.2) is 48.5 Å². The Labute approximate surface area is 135 Å². The van der Waals surface area contributed by atoms with E-state index in [2.05, 4.69) is 22.8 Å². The van der Waals surface area contributed by atoms with Crippen LogP contribution in [0.1, 0.15) is 47.3 Å². The largest absolute Gasteiger partial charge is 0.345 e. The molecule has 0 saturated heterocycles. The molecule has 0 radical (unpaired) electrons. The van der Waals surface area contributed by atoms with Crippen LogP contribution in [0.4, 0.5) is 5.69 Å². The molecule has 2 amide bonds. The van der Waals surface area contributed by atoms with Gasteiger partial charge in [0.25, 0.3) is 5.91 Å². The highest BCUT2D eigenvalue weighted by Crippen LogP contribution is 2.29. The van der Waals surface area contributed by atoms with Gasteiger partial charge in [-0.2, -0.15) is 0 Å². The molecule has 1 aliphatic carbocycles. The van der Waals surface area contributed by atoms with Crippen LogP contribution in [0, 0.1) is 0 Å². The van der Waals surface area contributed by atoms with Gasteiger partial charge in [0, 0.05) is 18.2 Å². The van der Waals surface area contributed by atoms with E-state index < -0.39 is 0 Å². The summed E-state index contributed by atoms with van der Waals surface area (Å²) in [5, 5.41) is 5.82. The molecule has 1 atom stereocenters. The van der Waals surface area contributed by atoms with E-state index in [1.165, 1.54) is 18.1 Å². The fraction of sp³-hybridized carbons (Fsp3) is 0.263. The smallest absolute Gasteiger partial charge is 0.251 e. The lowest BCUT2D eigenvalue weighted by Crippen LogP contribution is -2.30. The lowest BCUT2D eigenvalue weighted by molar-refractivity contribution is -0.114. The minimum absolute atomic E-state index is 0.0717. The Morgan fingerprint density at radius 3 is 2.52 bits per heavy atom. The van der Waals surface area contributed by atoms with Gasteiger partial charge in [0.2, 0.25) is 5.91 Å². The average Bonchev–Trinajstić information content (AvgIpc) is 2.55. The van der Waals surface area contributed by atoms with Crippen LogP contribution in [-0.2, 0) is 11.2 Å².